The Bertz CT molecular complexity index is 587. The van der Waals surface area contributed by atoms with Gasteiger partial charge in [-0.25, -0.2) is 9.59 Å². The number of rotatable bonds is 7. The SMILES string of the molecule is C=CC(C)OC(=O)c1ccccc1N/N=C(/Cl)C(=O)OCC. The van der Waals surface area contributed by atoms with Crippen LogP contribution in [0.2, 0.25) is 0 Å². The molecule has 0 fully saturated rings. The fourth-order valence-corrected chi connectivity index (χ4v) is 1.48. The fraction of sp³-hybridized carbons (Fsp3) is 0.267. The Morgan fingerprint density at radius 2 is 2.14 bits per heavy atom. The Labute approximate surface area is 133 Å². The van der Waals surface area contributed by atoms with E-state index in [0.717, 1.165) is 0 Å². The molecule has 0 amide bonds. The summed E-state index contributed by atoms with van der Waals surface area (Å²) >= 11 is 5.68. The Balaban J connectivity index is 2.88. The highest BCUT2D eigenvalue weighted by Crippen LogP contribution is 2.17. The molecular formula is C15H17ClN2O4. The molecule has 0 bridgehead atoms. The predicted octanol–water partition coefficient (Wildman–Crippen LogP) is 2.95. The van der Waals surface area contributed by atoms with Gasteiger partial charge >= 0.3 is 11.9 Å². The van der Waals surface area contributed by atoms with Crippen LogP contribution < -0.4 is 5.43 Å². The Morgan fingerprint density at radius 3 is 2.77 bits per heavy atom. The second-order valence-corrected chi connectivity index (χ2v) is 4.48. The van der Waals surface area contributed by atoms with Crippen LogP contribution >= 0.6 is 11.6 Å². The number of para-hydroxylation sites is 1. The predicted molar refractivity (Wildman–Crippen MR) is 85.1 cm³/mol. The van der Waals surface area contributed by atoms with Crippen LogP contribution in [0, 0.1) is 0 Å². The molecule has 1 aromatic rings. The van der Waals surface area contributed by atoms with Gasteiger partial charge in [0, 0.05) is 0 Å². The number of carbonyl (C=O) groups excluding carboxylic acids is 2. The van der Waals surface area contributed by atoms with Gasteiger partial charge in [0.05, 0.1) is 17.9 Å². The third kappa shape index (κ3) is 5.21. The zero-order chi connectivity index (χ0) is 16.5. The molecule has 1 atom stereocenters. The zero-order valence-electron chi connectivity index (χ0n) is 12.3. The summed E-state index contributed by atoms with van der Waals surface area (Å²) in [7, 11) is 0. The van der Waals surface area contributed by atoms with E-state index in [9.17, 15) is 9.59 Å². The van der Waals surface area contributed by atoms with Gasteiger partial charge in [-0.3, -0.25) is 5.43 Å². The average Bonchev–Trinajstić information content (AvgIpc) is 2.52. The van der Waals surface area contributed by atoms with Gasteiger partial charge in [-0.15, -0.1) is 0 Å². The van der Waals surface area contributed by atoms with Gasteiger partial charge < -0.3 is 9.47 Å². The quantitative estimate of drug-likeness (QED) is 0.361. The smallest absolute Gasteiger partial charge is 0.370 e. The second kappa shape index (κ2) is 8.84. The summed E-state index contributed by atoms with van der Waals surface area (Å²) in [5.74, 6) is -1.30. The van der Waals surface area contributed by atoms with Crippen molar-refractivity contribution < 1.29 is 19.1 Å². The van der Waals surface area contributed by atoms with Crippen molar-refractivity contribution in [3.05, 3.63) is 42.5 Å². The maximum absolute atomic E-state index is 12.0. The molecule has 0 saturated heterocycles. The fourth-order valence-electron chi connectivity index (χ4n) is 1.38. The third-order valence-corrected chi connectivity index (χ3v) is 2.73. The number of carbonyl (C=O) groups is 2. The first-order valence-corrected chi connectivity index (χ1v) is 6.96. The minimum atomic E-state index is -0.753. The van der Waals surface area contributed by atoms with E-state index < -0.39 is 18.0 Å². The topological polar surface area (TPSA) is 77.0 Å². The lowest BCUT2D eigenvalue weighted by Gasteiger charge is -2.11. The van der Waals surface area contributed by atoms with Crippen molar-refractivity contribution in [2.45, 2.75) is 20.0 Å². The van der Waals surface area contributed by atoms with Crippen LogP contribution in [-0.4, -0.2) is 29.8 Å². The number of nitrogens with one attached hydrogen (secondary N) is 1. The second-order valence-electron chi connectivity index (χ2n) is 4.13. The number of benzene rings is 1. The number of ether oxygens (including phenoxy) is 2. The first-order chi connectivity index (χ1) is 10.5. The summed E-state index contributed by atoms with van der Waals surface area (Å²) in [6.07, 6.45) is 1.08. The van der Waals surface area contributed by atoms with E-state index >= 15 is 0 Å². The highest BCUT2D eigenvalue weighted by Gasteiger charge is 2.15. The molecule has 0 aliphatic heterocycles. The number of anilines is 1. The molecule has 0 aliphatic rings. The molecule has 1 rings (SSSR count). The van der Waals surface area contributed by atoms with E-state index in [1.807, 2.05) is 0 Å². The first-order valence-electron chi connectivity index (χ1n) is 6.58. The highest BCUT2D eigenvalue weighted by atomic mass is 35.5. The van der Waals surface area contributed by atoms with Crippen LogP contribution in [0.4, 0.5) is 5.69 Å². The monoisotopic (exact) mass is 324 g/mol. The molecule has 22 heavy (non-hydrogen) atoms. The van der Waals surface area contributed by atoms with Gasteiger partial charge in [0.15, 0.2) is 0 Å². The van der Waals surface area contributed by atoms with Crippen molar-refractivity contribution >= 4 is 34.4 Å². The molecule has 6 nitrogen and oxygen atoms in total. The van der Waals surface area contributed by atoms with Crippen LogP contribution in [0.1, 0.15) is 24.2 Å². The molecule has 1 N–H and O–H groups in total. The Hall–Kier alpha value is -2.34. The van der Waals surface area contributed by atoms with E-state index in [2.05, 4.69) is 17.1 Å². The van der Waals surface area contributed by atoms with Crippen molar-refractivity contribution in [1.82, 2.24) is 0 Å². The maximum Gasteiger partial charge on any atom is 0.370 e. The number of halogens is 1. The summed E-state index contributed by atoms with van der Waals surface area (Å²) in [5, 5.41) is 3.31. The Morgan fingerprint density at radius 1 is 1.45 bits per heavy atom. The van der Waals surface area contributed by atoms with Gasteiger partial charge in [-0.05, 0) is 26.0 Å². The third-order valence-electron chi connectivity index (χ3n) is 2.49. The van der Waals surface area contributed by atoms with Crippen molar-refractivity contribution in [2.24, 2.45) is 5.10 Å². The molecular weight excluding hydrogens is 308 g/mol. The van der Waals surface area contributed by atoms with Crippen LogP contribution in [0.25, 0.3) is 0 Å². The van der Waals surface area contributed by atoms with Gasteiger partial charge in [0.25, 0.3) is 0 Å². The normalized spacial score (nSPS) is 12.2. The summed E-state index contributed by atoms with van der Waals surface area (Å²) in [6.45, 7) is 7.08. The maximum atomic E-state index is 12.0. The molecule has 7 heteroatoms. The highest BCUT2D eigenvalue weighted by molar-refractivity contribution is 6.82. The van der Waals surface area contributed by atoms with Crippen molar-refractivity contribution in [1.29, 1.82) is 0 Å². The number of esters is 2. The number of hydrogen-bond donors (Lipinski definition) is 1. The zero-order valence-corrected chi connectivity index (χ0v) is 13.1. The lowest BCUT2D eigenvalue weighted by molar-refractivity contribution is -0.134. The molecule has 0 aliphatic carbocycles. The average molecular weight is 325 g/mol. The van der Waals surface area contributed by atoms with Gasteiger partial charge in [-0.2, -0.15) is 5.10 Å². The van der Waals surface area contributed by atoms with Crippen molar-refractivity contribution in [3.63, 3.8) is 0 Å². The molecule has 1 unspecified atom stereocenters. The number of nitrogens with zero attached hydrogens (tertiary/aromatic N) is 1. The summed E-state index contributed by atoms with van der Waals surface area (Å²) in [6, 6.07) is 6.54. The van der Waals surface area contributed by atoms with Gasteiger partial charge in [0.1, 0.15) is 6.10 Å². The van der Waals surface area contributed by atoms with E-state index in [1.54, 1.807) is 38.1 Å². The minimum Gasteiger partial charge on any atom is -0.461 e. The van der Waals surface area contributed by atoms with Crippen molar-refractivity contribution in [3.8, 4) is 0 Å². The number of hydrazone groups is 1. The molecule has 0 radical (unpaired) electrons. The summed E-state index contributed by atoms with van der Waals surface area (Å²) in [4.78, 5) is 23.4. The first kappa shape index (κ1) is 17.7. The van der Waals surface area contributed by atoms with Gasteiger partial charge in [-0.1, -0.05) is 36.4 Å². The van der Waals surface area contributed by atoms with Crippen LogP contribution in [0.5, 0.6) is 0 Å². The van der Waals surface area contributed by atoms with E-state index in [1.165, 1.54) is 6.08 Å². The molecule has 118 valence electrons. The lowest BCUT2D eigenvalue weighted by Crippen LogP contribution is -2.16. The van der Waals surface area contributed by atoms with Crippen LogP contribution in [-0.2, 0) is 14.3 Å². The standard InChI is InChI=1S/C15H17ClN2O4/c1-4-10(3)22-14(19)11-8-6-7-9-12(11)17-18-13(16)15(20)21-5-2/h4,6-10,17H,1,5H2,2-3H3/b18-13+. The minimum absolute atomic E-state index is 0.187. The summed E-state index contributed by atoms with van der Waals surface area (Å²) < 4.78 is 9.84. The van der Waals surface area contributed by atoms with Crippen LogP contribution in [0.15, 0.2) is 42.0 Å². The Kier molecular flexibility index (Phi) is 7.12. The van der Waals surface area contributed by atoms with Gasteiger partial charge in [0.2, 0.25) is 5.17 Å². The lowest BCUT2D eigenvalue weighted by atomic mass is 10.2. The molecule has 1 aromatic carbocycles. The molecule has 0 spiro atoms. The largest absolute Gasteiger partial charge is 0.461 e. The van der Waals surface area contributed by atoms with Crippen molar-refractivity contribution in [2.75, 3.05) is 12.0 Å². The molecule has 0 aromatic heterocycles. The van der Waals surface area contributed by atoms with E-state index in [0.29, 0.717) is 5.69 Å². The molecule has 0 saturated carbocycles. The summed E-state index contributed by atoms with van der Waals surface area (Å²) in [5.41, 5.74) is 3.16. The van der Waals surface area contributed by atoms with Crippen LogP contribution in [0.3, 0.4) is 0 Å². The number of hydrogen-bond acceptors (Lipinski definition) is 6. The van der Waals surface area contributed by atoms with E-state index in [-0.39, 0.29) is 17.3 Å². The van der Waals surface area contributed by atoms with E-state index in [4.69, 9.17) is 21.1 Å². The molecule has 0 heterocycles.